The van der Waals surface area contributed by atoms with Gasteiger partial charge in [-0.2, -0.15) is 5.10 Å². The number of nitro benzene ring substituents is 2. The van der Waals surface area contributed by atoms with Crippen LogP contribution in [0.1, 0.15) is 11.1 Å². The van der Waals surface area contributed by atoms with Crippen LogP contribution in [0.3, 0.4) is 0 Å². The van der Waals surface area contributed by atoms with Crippen molar-refractivity contribution in [3.63, 3.8) is 0 Å². The van der Waals surface area contributed by atoms with Gasteiger partial charge in [0, 0.05) is 17.7 Å². The maximum Gasteiger partial charge on any atom is 0.311 e. The molecule has 0 heterocycles. The monoisotopic (exact) mass is 436 g/mol. The van der Waals surface area contributed by atoms with Crippen molar-refractivity contribution in [2.24, 2.45) is 5.10 Å². The third-order valence-corrected chi connectivity index (χ3v) is 3.91. The predicted molar refractivity (Wildman–Crippen MR) is 99.9 cm³/mol. The van der Waals surface area contributed by atoms with E-state index in [1.165, 1.54) is 30.5 Å². The molecule has 27 heavy (non-hydrogen) atoms. The SMILES string of the molecule is Cc1ccc(OCC(=O)NN=Cc2ccc(Br)c([N+](=O)[O-])c2)c([N+](=O)[O-])c1. The highest BCUT2D eigenvalue weighted by Crippen LogP contribution is 2.27. The summed E-state index contributed by atoms with van der Waals surface area (Å²) in [6, 6.07) is 8.71. The fraction of sp³-hybridized carbons (Fsp3) is 0.125. The highest BCUT2D eigenvalue weighted by Gasteiger charge is 2.16. The summed E-state index contributed by atoms with van der Waals surface area (Å²) in [4.78, 5) is 32.5. The number of carbonyl (C=O) groups is 1. The standard InChI is InChI=1S/C16H13BrN4O6/c1-10-2-5-15(14(6-10)21(25)26)27-9-16(22)19-18-8-11-3-4-12(17)13(7-11)20(23)24/h2-8H,9H2,1H3,(H,19,22). The van der Waals surface area contributed by atoms with Gasteiger partial charge in [-0.05, 0) is 40.5 Å². The third-order valence-electron chi connectivity index (χ3n) is 3.24. The normalized spacial score (nSPS) is 10.6. The quantitative estimate of drug-likeness (QED) is 0.402. The van der Waals surface area contributed by atoms with E-state index in [-0.39, 0.29) is 17.1 Å². The van der Waals surface area contributed by atoms with Crippen molar-refractivity contribution in [1.29, 1.82) is 0 Å². The van der Waals surface area contributed by atoms with Gasteiger partial charge in [0.05, 0.1) is 20.5 Å². The Kier molecular flexibility index (Phi) is 6.55. The molecule has 0 unspecified atom stereocenters. The van der Waals surface area contributed by atoms with E-state index in [0.717, 1.165) is 0 Å². The number of aryl methyl sites for hydroxylation is 1. The van der Waals surface area contributed by atoms with Crippen LogP contribution in [0.2, 0.25) is 0 Å². The van der Waals surface area contributed by atoms with Gasteiger partial charge in [0.1, 0.15) is 0 Å². The lowest BCUT2D eigenvalue weighted by molar-refractivity contribution is -0.385. The number of carbonyl (C=O) groups excluding carboxylic acids is 1. The fourth-order valence-electron chi connectivity index (χ4n) is 2.00. The number of ether oxygens (including phenoxy) is 1. The van der Waals surface area contributed by atoms with Crippen LogP contribution in [0, 0.1) is 27.2 Å². The first-order valence-electron chi connectivity index (χ1n) is 7.41. The molecule has 0 radical (unpaired) electrons. The molecule has 1 N–H and O–H groups in total. The molecular formula is C16H13BrN4O6. The Bertz CT molecular complexity index is 931. The molecule has 0 atom stereocenters. The number of hydrogen-bond acceptors (Lipinski definition) is 7. The summed E-state index contributed by atoms with van der Waals surface area (Å²) in [5.74, 6) is -0.680. The van der Waals surface area contributed by atoms with Crippen LogP contribution in [0.5, 0.6) is 5.75 Å². The van der Waals surface area contributed by atoms with Gasteiger partial charge in [-0.15, -0.1) is 0 Å². The molecule has 2 aromatic carbocycles. The molecule has 0 spiro atoms. The third kappa shape index (κ3) is 5.57. The van der Waals surface area contributed by atoms with Gasteiger partial charge in [0.15, 0.2) is 12.4 Å². The summed E-state index contributed by atoms with van der Waals surface area (Å²) in [7, 11) is 0. The largest absolute Gasteiger partial charge is 0.477 e. The summed E-state index contributed by atoms with van der Waals surface area (Å²) in [6.07, 6.45) is 1.23. The minimum atomic E-state index is -0.646. The highest BCUT2D eigenvalue weighted by molar-refractivity contribution is 9.10. The molecule has 0 aromatic heterocycles. The summed E-state index contributed by atoms with van der Waals surface area (Å²) in [5, 5.41) is 25.5. The Morgan fingerprint density at radius 3 is 2.56 bits per heavy atom. The molecule has 10 nitrogen and oxygen atoms in total. The molecule has 1 amide bonds. The van der Waals surface area contributed by atoms with Gasteiger partial charge in [-0.25, -0.2) is 5.43 Å². The number of amides is 1. The second-order valence-electron chi connectivity index (χ2n) is 5.28. The zero-order valence-electron chi connectivity index (χ0n) is 13.9. The average molecular weight is 437 g/mol. The Labute approximate surface area is 161 Å². The Balaban J connectivity index is 1.96. The van der Waals surface area contributed by atoms with Crippen LogP contribution in [0.15, 0.2) is 46.0 Å². The second-order valence-corrected chi connectivity index (χ2v) is 6.13. The van der Waals surface area contributed by atoms with Crippen molar-refractivity contribution in [1.82, 2.24) is 5.43 Å². The average Bonchev–Trinajstić information content (AvgIpc) is 2.61. The fourth-order valence-corrected chi connectivity index (χ4v) is 2.39. The van der Waals surface area contributed by atoms with Gasteiger partial charge in [0.25, 0.3) is 11.6 Å². The van der Waals surface area contributed by atoms with Crippen molar-refractivity contribution in [2.75, 3.05) is 6.61 Å². The van der Waals surface area contributed by atoms with Crippen LogP contribution in [-0.2, 0) is 4.79 Å². The Hall–Kier alpha value is -3.34. The molecule has 0 aliphatic rings. The van der Waals surface area contributed by atoms with Crippen molar-refractivity contribution >= 4 is 39.4 Å². The molecule has 0 aliphatic heterocycles. The molecule has 0 saturated heterocycles. The summed E-state index contributed by atoms with van der Waals surface area (Å²) in [6.45, 7) is 1.21. The molecule has 0 fully saturated rings. The molecule has 140 valence electrons. The van der Waals surface area contributed by atoms with E-state index in [9.17, 15) is 25.0 Å². The van der Waals surface area contributed by atoms with E-state index >= 15 is 0 Å². The van der Waals surface area contributed by atoms with Crippen LogP contribution in [-0.4, -0.2) is 28.6 Å². The molecule has 2 aromatic rings. The minimum Gasteiger partial charge on any atom is -0.477 e. The van der Waals surface area contributed by atoms with E-state index < -0.39 is 22.4 Å². The van der Waals surface area contributed by atoms with E-state index in [1.807, 2.05) is 0 Å². The number of halogens is 1. The lowest BCUT2D eigenvalue weighted by Crippen LogP contribution is -2.24. The number of hydrazone groups is 1. The van der Waals surface area contributed by atoms with E-state index in [4.69, 9.17) is 4.74 Å². The molecule has 2 rings (SSSR count). The first-order chi connectivity index (χ1) is 12.8. The van der Waals surface area contributed by atoms with Crippen LogP contribution in [0.4, 0.5) is 11.4 Å². The van der Waals surface area contributed by atoms with E-state index in [2.05, 4.69) is 26.5 Å². The summed E-state index contributed by atoms with van der Waals surface area (Å²) in [5.41, 5.74) is 2.89. The van der Waals surface area contributed by atoms with Crippen molar-refractivity contribution < 1.29 is 19.4 Å². The predicted octanol–water partition coefficient (Wildman–Crippen LogP) is 3.10. The van der Waals surface area contributed by atoms with E-state index in [0.29, 0.717) is 15.6 Å². The lowest BCUT2D eigenvalue weighted by Gasteiger charge is -2.06. The lowest BCUT2D eigenvalue weighted by atomic mass is 10.2. The van der Waals surface area contributed by atoms with Crippen LogP contribution < -0.4 is 10.2 Å². The molecule has 0 aliphatic carbocycles. The van der Waals surface area contributed by atoms with E-state index in [1.54, 1.807) is 19.1 Å². The van der Waals surface area contributed by atoms with Gasteiger partial charge < -0.3 is 4.74 Å². The van der Waals surface area contributed by atoms with Crippen LogP contribution >= 0.6 is 15.9 Å². The first kappa shape index (κ1) is 20.0. The number of nitro groups is 2. The van der Waals surface area contributed by atoms with Crippen molar-refractivity contribution in [3.05, 3.63) is 72.2 Å². The smallest absolute Gasteiger partial charge is 0.311 e. The second kappa shape index (κ2) is 8.85. The Morgan fingerprint density at radius 2 is 1.89 bits per heavy atom. The zero-order valence-corrected chi connectivity index (χ0v) is 15.5. The van der Waals surface area contributed by atoms with Gasteiger partial charge >= 0.3 is 5.69 Å². The van der Waals surface area contributed by atoms with Gasteiger partial charge in [-0.1, -0.05) is 12.1 Å². The molecule has 11 heteroatoms. The maximum atomic E-state index is 11.7. The summed E-state index contributed by atoms with van der Waals surface area (Å²) < 4.78 is 5.48. The topological polar surface area (TPSA) is 137 Å². The van der Waals surface area contributed by atoms with Crippen LogP contribution in [0.25, 0.3) is 0 Å². The zero-order chi connectivity index (χ0) is 20.0. The number of nitrogens with zero attached hydrogens (tertiary/aromatic N) is 3. The maximum absolute atomic E-state index is 11.7. The molecular weight excluding hydrogens is 424 g/mol. The minimum absolute atomic E-state index is 0.0340. The number of rotatable bonds is 7. The number of hydrogen-bond donors (Lipinski definition) is 1. The number of nitrogens with one attached hydrogen (secondary N) is 1. The molecule has 0 bridgehead atoms. The van der Waals surface area contributed by atoms with Gasteiger partial charge in [0.2, 0.25) is 0 Å². The van der Waals surface area contributed by atoms with Gasteiger partial charge in [-0.3, -0.25) is 25.0 Å². The van der Waals surface area contributed by atoms with Crippen molar-refractivity contribution in [2.45, 2.75) is 6.92 Å². The highest BCUT2D eigenvalue weighted by atomic mass is 79.9. The number of benzene rings is 2. The van der Waals surface area contributed by atoms with Crippen molar-refractivity contribution in [3.8, 4) is 5.75 Å². The Morgan fingerprint density at radius 1 is 1.19 bits per heavy atom. The molecule has 0 saturated carbocycles. The summed E-state index contributed by atoms with van der Waals surface area (Å²) >= 11 is 3.07. The first-order valence-corrected chi connectivity index (χ1v) is 8.21.